The molecule has 0 aromatic heterocycles. The second kappa shape index (κ2) is 6.63. The quantitative estimate of drug-likeness (QED) is 0.851. The molecule has 1 fully saturated rings. The lowest BCUT2D eigenvalue weighted by molar-refractivity contribution is 0.194. The molecule has 0 amide bonds. The van der Waals surface area contributed by atoms with E-state index in [0.717, 1.165) is 19.5 Å². The van der Waals surface area contributed by atoms with Gasteiger partial charge in [0.05, 0.1) is 11.5 Å². The van der Waals surface area contributed by atoms with Gasteiger partial charge >= 0.3 is 0 Å². The second-order valence-electron chi connectivity index (χ2n) is 5.93. The Morgan fingerprint density at radius 1 is 0.864 bits per heavy atom. The third-order valence-electron chi connectivity index (χ3n) is 4.18. The minimum atomic E-state index is -2.87. The smallest absolute Gasteiger partial charge is 0.151 e. The molecule has 4 heteroatoms. The van der Waals surface area contributed by atoms with Gasteiger partial charge in [-0.05, 0) is 17.5 Å². The molecule has 116 valence electrons. The van der Waals surface area contributed by atoms with Gasteiger partial charge in [0, 0.05) is 19.1 Å². The molecule has 0 saturated carbocycles. The zero-order valence-corrected chi connectivity index (χ0v) is 13.4. The summed E-state index contributed by atoms with van der Waals surface area (Å²) in [6.45, 7) is 1.58. The first-order valence-corrected chi connectivity index (χ1v) is 9.47. The molecule has 2 aromatic rings. The highest BCUT2D eigenvalue weighted by molar-refractivity contribution is 7.91. The maximum atomic E-state index is 11.8. The number of nitrogens with zero attached hydrogens (tertiary/aromatic N) is 1. The number of rotatable bonds is 5. The Morgan fingerprint density at radius 2 is 1.36 bits per heavy atom. The molecule has 22 heavy (non-hydrogen) atoms. The van der Waals surface area contributed by atoms with Gasteiger partial charge in [-0.3, -0.25) is 4.90 Å². The molecule has 0 bridgehead atoms. The topological polar surface area (TPSA) is 37.4 Å². The van der Waals surface area contributed by atoms with Crippen LogP contribution in [0, 0.1) is 0 Å². The summed E-state index contributed by atoms with van der Waals surface area (Å²) in [5, 5.41) is 0. The fourth-order valence-electron chi connectivity index (χ4n) is 3.01. The SMILES string of the molecule is O=S1(=O)CC[C@@H](N(Cc2ccccc2)Cc2ccccc2)C1. The number of hydrogen-bond acceptors (Lipinski definition) is 3. The zero-order valence-electron chi connectivity index (χ0n) is 12.6. The Morgan fingerprint density at radius 3 is 1.77 bits per heavy atom. The van der Waals surface area contributed by atoms with Crippen molar-refractivity contribution in [1.82, 2.24) is 4.90 Å². The van der Waals surface area contributed by atoms with Crippen molar-refractivity contribution >= 4 is 9.84 Å². The van der Waals surface area contributed by atoms with Gasteiger partial charge in [-0.15, -0.1) is 0 Å². The average molecular weight is 315 g/mol. The van der Waals surface area contributed by atoms with Crippen LogP contribution in [0.3, 0.4) is 0 Å². The van der Waals surface area contributed by atoms with Crippen molar-refractivity contribution < 1.29 is 8.42 Å². The summed E-state index contributed by atoms with van der Waals surface area (Å²) in [5.74, 6) is 0.602. The summed E-state index contributed by atoms with van der Waals surface area (Å²) >= 11 is 0. The summed E-state index contributed by atoms with van der Waals surface area (Å²) in [6, 6.07) is 20.6. The van der Waals surface area contributed by atoms with Gasteiger partial charge in [-0.1, -0.05) is 60.7 Å². The normalized spacial score (nSPS) is 20.3. The van der Waals surface area contributed by atoms with Gasteiger partial charge in [0.25, 0.3) is 0 Å². The third kappa shape index (κ3) is 3.96. The second-order valence-corrected chi connectivity index (χ2v) is 8.16. The average Bonchev–Trinajstić information content (AvgIpc) is 2.89. The van der Waals surface area contributed by atoms with Crippen LogP contribution in [0.25, 0.3) is 0 Å². The predicted molar refractivity (Wildman–Crippen MR) is 89.2 cm³/mol. The molecule has 0 N–H and O–H groups in total. The standard InChI is InChI=1S/C18H21NO2S/c20-22(21)12-11-18(15-22)19(13-16-7-3-1-4-8-16)14-17-9-5-2-6-10-17/h1-10,18H,11-15H2/t18-/m1/s1. The van der Waals surface area contributed by atoms with Crippen LogP contribution in [-0.4, -0.2) is 30.9 Å². The van der Waals surface area contributed by atoms with Gasteiger partial charge < -0.3 is 0 Å². The van der Waals surface area contributed by atoms with E-state index in [4.69, 9.17) is 0 Å². The largest absolute Gasteiger partial charge is 0.291 e. The van der Waals surface area contributed by atoms with Crippen molar-refractivity contribution in [2.75, 3.05) is 11.5 Å². The Labute approximate surface area is 132 Å². The van der Waals surface area contributed by atoms with Crippen LogP contribution in [0.15, 0.2) is 60.7 Å². The van der Waals surface area contributed by atoms with E-state index < -0.39 is 9.84 Å². The highest BCUT2D eigenvalue weighted by atomic mass is 32.2. The fourth-order valence-corrected chi connectivity index (χ4v) is 4.77. The minimum Gasteiger partial charge on any atom is -0.291 e. The molecule has 0 unspecified atom stereocenters. The summed E-state index contributed by atoms with van der Waals surface area (Å²) in [4.78, 5) is 2.30. The lowest BCUT2D eigenvalue weighted by atomic mass is 10.1. The maximum Gasteiger partial charge on any atom is 0.151 e. The number of benzene rings is 2. The highest BCUT2D eigenvalue weighted by Crippen LogP contribution is 2.22. The van der Waals surface area contributed by atoms with E-state index in [1.807, 2.05) is 36.4 Å². The van der Waals surface area contributed by atoms with Gasteiger partial charge in [0.15, 0.2) is 9.84 Å². The van der Waals surface area contributed by atoms with Crippen LogP contribution in [-0.2, 0) is 22.9 Å². The van der Waals surface area contributed by atoms with Crippen LogP contribution in [0.4, 0.5) is 0 Å². The first kappa shape index (κ1) is 15.3. The van der Waals surface area contributed by atoms with Crippen molar-refractivity contribution in [3.8, 4) is 0 Å². The Kier molecular flexibility index (Phi) is 4.60. The molecule has 3 nitrogen and oxygen atoms in total. The molecule has 3 rings (SSSR count). The first-order valence-electron chi connectivity index (χ1n) is 7.65. The van der Waals surface area contributed by atoms with Gasteiger partial charge in [0.2, 0.25) is 0 Å². The van der Waals surface area contributed by atoms with Crippen molar-refractivity contribution in [2.24, 2.45) is 0 Å². The molecule has 1 atom stereocenters. The Hall–Kier alpha value is -1.65. The van der Waals surface area contributed by atoms with Crippen LogP contribution >= 0.6 is 0 Å². The lowest BCUT2D eigenvalue weighted by Crippen LogP contribution is -2.35. The van der Waals surface area contributed by atoms with Crippen molar-refractivity contribution in [1.29, 1.82) is 0 Å². The molecule has 1 heterocycles. The molecular weight excluding hydrogens is 294 g/mol. The summed E-state index contributed by atoms with van der Waals surface area (Å²) in [5.41, 5.74) is 2.45. The van der Waals surface area contributed by atoms with Crippen LogP contribution < -0.4 is 0 Å². The summed E-state index contributed by atoms with van der Waals surface area (Å²) in [6.07, 6.45) is 0.738. The highest BCUT2D eigenvalue weighted by Gasteiger charge is 2.32. The molecular formula is C18H21NO2S. The molecule has 0 spiro atoms. The molecule has 0 aliphatic carbocycles. The van der Waals surface area contributed by atoms with E-state index >= 15 is 0 Å². The van der Waals surface area contributed by atoms with Crippen LogP contribution in [0.1, 0.15) is 17.5 Å². The first-order chi connectivity index (χ1) is 10.6. The molecule has 1 saturated heterocycles. The van der Waals surface area contributed by atoms with E-state index in [1.165, 1.54) is 11.1 Å². The predicted octanol–water partition coefficient (Wildman–Crippen LogP) is 2.88. The molecule has 1 aliphatic rings. The summed E-state index contributed by atoms with van der Waals surface area (Å²) in [7, 11) is -2.87. The minimum absolute atomic E-state index is 0.116. The van der Waals surface area contributed by atoms with E-state index in [1.54, 1.807) is 0 Å². The lowest BCUT2D eigenvalue weighted by Gasteiger charge is -2.28. The maximum absolute atomic E-state index is 11.8. The molecule has 0 radical (unpaired) electrons. The number of sulfone groups is 1. The Bertz CT molecular complexity index is 657. The monoisotopic (exact) mass is 315 g/mol. The third-order valence-corrected chi connectivity index (χ3v) is 5.93. The van der Waals surface area contributed by atoms with Crippen LogP contribution in [0.5, 0.6) is 0 Å². The molecule has 2 aromatic carbocycles. The number of hydrogen-bond donors (Lipinski definition) is 0. The van der Waals surface area contributed by atoms with E-state index in [0.29, 0.717) is 5.75 Å². The van der Waals surface area contributed by atoms with E-state index in [-0.39, 0.29) is 11.8 Å². The zero-order chi connectivity index (χ0) is 15.4. The molecule has 1 aliphatic heterocycles. The van der Waals surface area contributed by atoms with Crippen molar-refractivity contribution in [2.45, 2.75) is 25.6 Å². The van der Waals surface area contributed by atoms with E-state index in [9.17, 15) is 8.42 Å². The van der Waals surface area contributed by atoms with Gasteiger partial charge in [-0.25, -0.2) is 8.42 Å². The Balaban J connectivity index is 1.79. The van der Waals surface area contributed by atoms with Crippen molar-refractivity contribution in [3.63, 3.8) is 0 Å². The summed E-state index contributed by atoms with van der Waals surface area (Å²) < 4.78 is 23.6. The van der Waals surface area contributed by atoms with Gasteiger partial charge in [0.1, 0.15) is 0 Å². The van der Waals surface area contributed by atoms with Crippen LogP contribution in [0.2, 0.25) is 0 Å². The van der Waals surface area contributed by atoms with Crippen molar-refractivity contribution in [3.05, 3.63) is 71.8 Å². The fraction of sp³-hybridized carbons (Fsp3) is 0.333. The van der Waals surface area contributed by atoms with E-state index in [2.05, 4.69) is 29.2 Å². The van der Waals surface area contributed by atoms with Gasteiger partial charge in [-0.2, -0.15) is 0 Å².